The molecule has 0 N–H and O–H groups in total. The summed E-state index contributed by atoms with van der Waals surface area (Å²) in [6.07, 6.45) is 8.00. The molecule has 1 amide bonds. The number of aromatic nitrogens is 4. The fourth-order valence-electron chi connectivity index (χ4n) is 3.61. The van der Waals surface area contributed by atoms with Crippen molar-refractivity contribution < 1.29 is 9.53 Å². The van der Waals surface area contributed by atoms with E-state index in [9.17, 15) is 4.79 Å². The molecule has 0 radical (unpaired) electrons. The Balaban J connectivity index is 1.69. The quantitative estimate of drug-likeness (QED) is 0.679. The number of rotatable bonds is 8. The van der Waals surface area contributed by atoms with E-state index in [1.54, 1.807) is 10.9 Å². The Morgan fingerprint density at radius 2 is 2.23 bits per heavy atom. The third-order valence-corrected chi connectivity index (χ3v) is 4.91. The molecule has 1 saturated heterocycles. The van der Waals surface area contributed by atoms with Crippen LogP contribution >= 0.6 is 0 Å². The predicted molar refractivity (Wildman–Crippen MR) is 99.0 cm³/mol. The first kappa shape index (κ1) is 18.6. The first-order valence-corrected chi connectivity index (χ1v) is 9.59. The van der Waals surface area contributed by atoms with E-state index in [1.165, 1.54) is 6.42 Å². The minimum atomic E-state index is 0.0901. The van der Waals surface area contributed by atoms with E-state index < -0.39 is 0 Å². The molecular formula is C19H29N5O2. The highest BCUT2D eigenvalue weighted by atomic mass is 16.5. The lowest BCUT2D eigenvalue weighted by Crippen LogP contribution is -2.45. The maximum Gasteiger partial charge on any atom is 0.272 e. The van der Waals surface area contributed by atoms with Crippen molar-refractivity contribution in [2.45, 2.75) is 58.7 Å². The lowest BCUT2D eigenvalue weighted by molar-refractivity contribution is 0.0577. The first-order chi connectivity index (χ1) is 12.7. The van der Waals surface area contributed by atoms with Crippen molar-refractivity contribution in [2.24, 2.45) is 0 Å². The van der Waals surface area contributed by atoms with Gasteiger partial charge in [0.05, 0.1) is 18.8 Å². The molecule has 1 aliphatic rings. The average molecular weight is 359 g/mol. The molecule has 7 nitrogen and oxygen atoms in total. The van der Waals surface area contributed by atoms with Crippen LogP contribution in [0.4, 0.5) is 0 Å². The van der Waals surface area contributed by atoms with Gasteiger partial charge in [-0.25, -0.2) is 0 Å². The molecule has 3 heterocycles. The molecule has 0 unspecified atom stereocenters. The molecular weight excluding hydrogens is 330 g/mol. The van der Waals surface area contributed by atoms with Gasteiger partial charge in [-0.3, -0.25) is 14.2 Å². The molecule has 1 fully saturated rings. The zero-order valence-electron chi connectivity index (χ0n) is 15.8. The smallest absolute Gasteiger partial charge is 0.272 e. The van der Waals surface area contributed by atoms with Crippen LogP contribution in [-0.4, -0.2) is 56.2 Å². The molecule has 0 bridgehead atoms. The van der Waals surface area contributed by atoms with E-state index in [0.717, 1.165) is 38.0 Å². The molecule has 0 aliphatic carbocycles. The lowest BCUT2D eigenvalue weighted by Gasteiger charge is -2.36. The molecule has 26 heavy (non-hydrogen) atoms. The second kappa shape index (κ2) is 8.98. The van der Waals surface area contributed by atoms with Crippen molar-refractivity contribution in [1.82, 2.24) is 24.5 Å². The van der Waals surface area contributed by atoms with Crippen LogP contribution in [0.2, 0.25) is 0 Å². The number of carbonyl (C=O) groups excluding carboxylic acids is 1. The van der Waals surface area contributed by atoms with Gasteiger partial charge in [0.25, 0.3) is 5.91 Å². The number of likely N-dealkylation sites (tertiary alicyclic amines) is 1. The number of carbonyl (C=O) groups is 1. The molecule has 0 saturated carbocycles. The van der Waals surface area contributed by atoms with Crippen molar-refractivity contribution in [3.63, 3.8) is 0 Å². The summed E-state index contributed by atoms with van der Waals surface area (Å²) in [5.74, 6) is 0.0901. The second-order valence-electron chi connectivity index (χ2n) is 6.80. The maximum absolute atomic E-state index is 13.2. The van der Waals surface area contributed by atoms with Crippen molar-refractivity contribution in [3.8, 4) is 0 Å². The van der Waals surface area contributed by atoms with Gasteiger partial charge in [0, 0.05) is 38.1 Å². The summed E-state index contributed by atoms with van der Waals surface area (Å²) in [7, 11) is 0. The van der Waals surface area contributed by atoms with Crippen molar-refractivity contribution in [2.75, 3.05) is 19.8 Å². The minimum absolute atomic E-state index is 0.0901. The van der Waals surface area contributed by atoms with Crippen molar-refractivity contribution in [1.29, 1.82) is 0 Å². The zero-order valence-corrected chi connectivity index (χ0v) is 15.8. The first-order valence-electron chi connectivity index (χ1n) is 9.59. The summed E-state index contributed by atoms with van der Waals surface area (Å²) >= 11 is 0. The number of ether oxygens (including phenoxy) is 1. The molecule has 3 rings (SSSR count). The standard InChI is InChI=1S/C19H29N5O2/c1-3-26-14-13-24-18(15-16(2)21-24)19(25)23-11-5-4-7-17(23)8-12-22-10-6-9-20-22/h6,9-10,15,17H,3-5,7-8,11-14H2,1-2H3/t17-/m1/s1. The zero-order chi connectivity index (χ0) is 18.4. The summed E-state index contributed by atoms with van der Waals surface area (Å²) < 4.78 is 9.17. The van der Waals surface area contributed by atoms with E-state index in [1.807, 2.05) is 41.8 Å². The molecule has 0 aromatic carbocycles. The number of amides is 1. The number of aryl methyl sites for hydroxylation is 2. The Kier molecular flexibility index (Phi) is 6.44. The van der Waals surface area contributed by atoms with Crippen LogP contribution in [0.25, 0.3) is 0 Å². The van der Waals surface area contributed by atoms with Crippen LogP contribution in [0.3, 0.4) is 0 Å². The highest BCUT2D eigenvalue weighted by Crippen LogP contribution is 2.23. The number of piperidine rings is 1. The van der Waals surface area contributed by atoms with Gasteiger partial charge in [-0.1, -0.05) is 0 Å². The average Bonchev–Trinajstić information content (AvgIpc) is 3.29. The minimum Gasteiger partial charge on any atom is -0.380 e. The summed E-state index contributed by atoms with van der Waals surface area (Å²) in [6.45, 7) is 7.40. The maximum atomic E-state index is 13.2. The van der Waals surface area contributed by atoms with Gasteiger partial charge < -0.3 is 9.64 Å². The lowest BCUT2D eigenvalue weighted by atomic mass is 9.98. The van der Waals surface area contributed by atoms with Crippen LogP contribution < -0.4 is 0 Å². The van der Waals surface area contributed by atoms with Gasteiger partial charge in [0.1, 0.15) is 5.69 Å². The molecule has 0 spiro atoms. The third-order valence-electron chi connectivity index (χ3n) is 4.91. The Morgan fingerprint density at radius 1 is 1.35 bits per heavy atom. The van der Waals surface area contributed by atoms with Gasteiger partial charge in [0.15, 0.2) is 0 Å². The van der Waals surface area contributed by atoms with E-state index in [-0.39, 0.29) is 11.9 Å². The molecule has 2 aromatic rings. The van der Waals surface area contributed by atoms with Gasteiger partial charge in [-0.05, 0) is 51.7 Å². The number of hydrogen-bond acceptors (Lipinski definition) is 4. The summed E-state index contributed by atoms with van der Waals surface area (Å²) in [6, 6.07) is 4.09. The van der Waals surface area contributed by atoms with E-state index in [4.69, 9.17) is 4.74 Å². The van der Waals surface area contributed by atoms with Crippen LogP contribution in [0, 0.1) is 6.92 Å². The fourth-order valence-corrected chi connectivity index (χ4v) is 3.61. The van der Waals surface area contributed by atoms with Gasteiger partial charge >= 0.3 is 0 Å². The Morgan fingerprint density at radius 3 is 3.00 bits per heavy atom. The van der Waals surface area contributed by atoms with Crippen LogP contribution in [0.5, 0.6) is 0 Å². The highest BCUT2D eigenvalue weighted by molar-refractivity contribution is 5.93. The number of hydrogen-bond donors (Lipinski definition) is 0. The molecule has 7 heteroatoms. The van der Waals surface area contributed by atoms with Crippen LogP contribution in [-0.2, 0) is 17.8 Å². The topological polar surface area (TPSA) is 65.2 Å². The fraction of sp³-hybridized carbons (Fsp3) is 0.632. The Hall–Kier alpha value is -2.15. The Labute approximate surface area is 154 Å². The van der Waals surface area contributed by atoms with Crippen molar-refractivity contribution in [3.05, 3.63) is 35.9 Å². The van der Waals surface area contributed by atoms with Crippen molar-refractivity contribution >= 4 is 5.91 Å². The normalized spacial score (nSPS) is 17.6. The summed E-state index contributed by atoms with van der Waals surface area (Å²) in [4.78, 5) is 15.3. The summed E-state index contributed by atoms with van der Waals surface area (Å²) in [5, 5.41) is 8.76. The van der Waals surface area contributed by atoms with Gasteiger partial charge in [0.2, 0.25) is 0 Å². The highest BCUT2D eigenvalue weighted by Gasteiger charge is 2.29. The molecule has 2 aromatic heterocycles. The van der Waals surface area contributed by atoms with E-state index in [0.29, 0.717) is 25.5 Å². The van der Waals surface area contributed by atoms with Gasteiger partial charge in [-0.15, -0.1) is 0 Å². The largest absolute Gasteiger partial charge is 0.380 e. The van der Waals surface area contributed by atoms with Gasteiger partial charge in [-0.2, -0.15) is 10.2 Å². The predicted octanol–water partition coefficient (Wildman–Crippen LogP) is 2.51. The van der Waals surface area contributed by atoms with Crippen LogP contribution in [0.15, 0.2) is 24.5 Å². The monoisotopic (exact) mass is 359 g/mol. The second-order valence-corrected chi connectivity index (χ2v) is 6.80. The molecule has 1 aliphatic heterocycles. The van der Waals surface area contributed by atoms with E-state index in [2.05, 4.69) is 10.2 Å². The molecule has 142 valence electrons. The summed E-state index contributed by atoms with van der Waals surface area (Å²) in [5.41, 5.74) is 1.54. The van der Waals surface area contributed by atoms with E-state index >= 15 is 0 Å². The third kappa shape index (κ3) is 4.52. The number of nitrogens with zero attached hydrogens (tertiary/aromatic N) is 5. The van der Waals surface area contributed by atoms with Crippen LogP contribution in [0.1, 0.15) is 48.8 Å². The SMILES string of the molecule is CCOCCn1nc(C)cc1C(=O)N1CCCC[C@@H]1CCn1cccn1. The Bertz CT molecular complexity index is 695. The molecule has 1 atom stereocenters.